The molecule has 1 heterocycles. The predicted molar refractivity (Wildman–Crippen MR) is 114 cm³/mol. The van der Waals surface area contributed by atoms with Crippen LogP contribution < -0.4 is 9.47 Å². The molecule has 1 N–H and O–H groups in total. The average Bonchev–Trinajstić information content (AvgIpc) is 3.17. The Hall–Kier alpha value is -2.25. The van der Waals surface area contributed by atoms with E-state index in [1.165, 1.54) is 25.3 Å². The Morgan fingerprint density at radius 2 is 1.91 bits per heavy atom. The van der Waals surface area contributed by atoms with E-state index in [4.69, 9.17) is 9.47 Å². The van der Waals surface area contributed by atoms with Crippen LogP contribution in [-0.2, 0) is 4.74 Å². The largest absolute Gasteiger partial charge is 0.573 e. The van der Waals surface area contributed by atoms with Crippen LogP contribution in [0.25, 0.3) is 0 Å². The Morgan fingerprint density at radius 3 is 2.56 bits per heavy atom. The first-order valence-corrected chi connectivity index (χ1v) is 11.0. The molecule has 0 bridgehead atoms. The summed E-state index contributed by atoms with van der Waals surface area (Å²) < 4.78 is 54.4. The molecule has 32 heavy (non-hydrogen) atoms. The molecule has 4 nitrogen and oxygen atoms in total. The Labute approximate surface area is 186 Å². The fourth-order valence-corrected chi connectivity index (χ4v) is 5.70. The van der Waals surface area contributed by atoms with Crippen LogP contribution >= 0.6 is 0 Å². The molecule has 7 heteroatoms. The van der Waals surface area contributed by atoms with Gasteiger partial charge >= 0.3 is 6.36 Å². The molecule has 2 aromatic rings. The number of aliphatic hydroxyl groups is 1. The van der Waals surface area contributed by atoms with Gasteiger partial charge in [-0.15, -0.1) is 13.2 Å². The maximum Gasteiger partial charge on any atom is 0.573 e. The van der Waals surface area contributed by atoms with Gasteiger partial charge in [0.2, 0.25) is 0 Å². The summed E-state index contributed by atoms with van der Waals surface area (Å²) in [5.74, 6) is 0.166. The molecule has 0 amide bonds. The quantitative estimate of drug-likeness (QED) is 0.625. The van der Waals surface area contributed by atoms with Crippen molar-refractivity contribution in [3.8, 4) is 11.5 Å². The van der Waals surface area contributed by atoms with E-state index in [1.54, 1.807) is 0 Å². The third kappa shape index (κ3) is 4.59. The number of hydrogen-bond donors (Lipinski definition) is 1. The van der Waals surface area contributed by atoms with Crippen molar-refractivity contribution >= 4 is 0 Å². The highest BCUT2D eigenvalue weighted by molar-refractivity contribution is 5.44. The first-order valence-electron chi connectivity index (χ1n) is 11.0. The molecule has 2 aliphatic rings. The second kappa shape index (κ2) is 8.94. The molecule has 1 saturated carbocycles. The van der Waals surface area contributed by atoms with E-state index in [2.05, 4.69) is 16.9 Å². The number of alkyl halides is 3. The zero-order chi connectivity index (χ0) is 22.9. The highest BCUT2D eigenvalue weighted by Gasteiger charge is 2.53. The van der Waals surface area contributed by atoms with Gasteiger partial charge < -0.3 is 19.3 Å². The Balaban J connectivity index is 1.68. The van der Waals surface area contributed by atoms with E-state index in [0.29, 0.717) is 24.3 Å². The Kier molecular flexibility index (Phi) is 6.41. The van der Waals surface area contributed by atoms with Crippen molar-refractivity contribution < 1.29 is 32.5 Å². The smallest absolute Gasteiger partial charge is 0.496 e. The van der Waals surface area contributed by atoms with Gasteiger partial charge in [0.1, 0.15) is 11.5 Å². The van der Waals surface area contributed by atoms with Crippen LogP contribution in [0.5, 0.6) is 11.5 Å². The zero-order valence-corrected chi connectivity index (χ0v) is 18.3. The summed E-state index contributed by atoms with van der Waals surface area (Å²) in [4.78, 5) is 0. The fraction of sp³-hybridized carbons (Fsp3) is 0.520. The van der Waals surface area contributed by atoms with E-state index in [1.807, 2.05) is 25.1 Å². The van der Waals surface area contributed by atoms with Gasteiger partial charge in [-0.1, -0.05) is 36.8 Å². The van der Waals surface area contributed by atoms with Gasteiger partial charge in [0.15, 0.2) is 0 Å². The predicted octanol–water partition coefficient (Wildman–Crippen LogP) is 5.80. The van der Waals surface area contributed by atoms with Gasteiger partial charge in [-0.2, -0.15) is 0 Å². The molecular formula is C25H29F3O4. The van der Waals surface area contributed by atoms with Crippen LogP contribution in [0.3, 0.4) is 0 Å². The Morgan fingerprint density at radius 1 is 1.16 bits per heavy atom. The number of methoxy groups -OCH3 is 1. The number of hydrogen-bond acceptors (Lipinski definition) is 4. The van der Waals surface area contributed by atoms with Crippen LogP contribution in [0.4, 0.5) is 13.2 Å². The molecule has 1 spiro atoms. The van der Waals surface area contributed by atoms with E-state index >= 15 is 0 Å². The molecule has 0 radical (unpaired) electrons. The summed E-state index contributed by atoms with van der Waals surface area (Å²) in [7, 11) is 1.51. The van der Waals surface area contributed by atoms with Gasteiger partial charge in [0.05, 0.1) is 25.4 Å². The van der Waals surface area contributed by atoms with Gasteiger partial charge in [-0.25, -0.2) is 0 Å². The summed E-state index contributed by atoms with van der Waals surface area (Å²) in [5.41, 5.74) is 1.29. The van der Waals surface area contributed by atoms with E-state index in [9.17, 15) is 18.3 Å². The van der Waals surface area contributed by atoms with Gasteiger partial charge in [-0.05, 0) is 55.9 Å². The molecule has 1 aliphatic heterocycles. The average molecular weight is 450 g/mol. The number of aliphatic hydroxyl groups excluding tert-OH is 1. The zero-order valence-electron chi connectivity index (χ0n) is 18.3. The maximum absolute atomic E-state index is 12.8. The third-order valence-electron chi connectivity index (χ3n) is 6.95. The summed E-state index contributed by atoms with van der Waals surface area (Å²) in [5, 5.41) is 10.6. The summed E-state index contributed by atoms with van der Waals surface area (Å²) in [6, 6.07) is 14.3. The van der Waals surface area contributed by atoms with Gasteiger partial charge in [0.25, 0.3) is 0 Å². The molecule has 2 aromatic carbocycles. The molecule has 0 aromatic heterocycles. The lowest BCUT2D eigenvalue weighted by molar-refractivity contribution is -0.274. The molecular weight excluding hydrogens is 421 g/mol. The molecule has 0 unspecified atom stereocenters. The SMILES string of the molecule is COc1ccc(OC(F)(F)F)cc1[C@H]1CO[C@]2(CCC[C@H]([C@@H](C)O)[C@H]2c2ccccc2)C1. The molecule has 174 valence electrons. The minimum atomic E-state index is -4.76. The summed E-state index contributed by atoms with van der Waals surface area (Å²) in [6.07, 6.45) is -1.93. The first-order chi connectivity index (χ1) is 15.2. The number of benzene rings is 2. The molecule has 1 aliphatic carbocycles. The van der Waals surface area contributed by atoms with Crippen LogP contribution in [0.2, 0.25) is 0 Å². The minimum absolute atomic E-state index is 0.00283. The number of rotatable bonds is 5. The van der Waals surface area contributed by atoms with Crippen molar-refractivity contribution in [2.24, 2.45) is 5.92 Å². The van der Waals surface area contributed by atoms with Crippen molar-refractivity contribution in [3.63, 3.8) is 0 Å². The van der Waals surface area contributed by atoms with E-state index in [0.717, 1.165) is 24.8 Å². The van der Waals surface area contributed by atoms with Crippen molar-refractivity contribution in [2.45, 2.75) is 62.5 Å². The highest BCUT2D eigenvalue weighted by atomic mass is 19.4. The van der Waals surface area contributed by atoms with Crippen molar-refractivity contribution in [1.29, 1.82) is 0 Å². The topological polar surface area (TPSA) is 47.9 Å². The van der Waals surface area contributed by atoms with Crippen molar-refractivity contribution in [3.05, 3.63) is 59.7 Å². The van der Waals surface area contributed by atoms with Gasteiger partial charge in [-0.3, -0.25) is 0 Å². The standard InChI is InChI=1S/C25H29F3O4/c1-16(29)20-9-6-12-24(23(20)17-7-4-3-5-8-17)14-18(15-31-24)21-13-19(32-25(26,27)28)10-11-22(21)30-2/h3-5,7-8,10-11,13,16,18,20,23,29H,6,9,12,14-15H2,1-2H3/t16-,18-,20-,23-,24-/m1/s1. The lowest BCUT2D eigenvalue weighted by Gasteiger charge is -2.47. The maximum atomic E-state index is 12.8. The lowest BCUT2D eigenvalue weighted by Crippen LogP contribution is -2.46. The molecule has 4 rings (SSSR count). The number of halogens is 3. The van der Waals surface area contributed by atoms with Crippen molar-refractivity contribution in [2.75, 3.05) is 13.7 Å². The van der Waals surface area contributed by atoms with Crippen LogP contribution in [0.1, 0.15) is 55.6 Å². The van der Waals surface area contributed by atoms with Crippen LogP contribution in [0, 0.1) is 5.92 Å². The second-order valence-corrected chi connectivity index (χ2v) is 8.91. The van der Waals surface area contributed by atoms with Crippen molar-refractivity contribution in [1.82, 2.24) is 0 Å². The van der Waals surface area contributed by atoms with Gasteiger partial charge in [0, 0.05) is 17.4 Å². The minimum Gasteiger partial charge on any atom is -0.496 e. The monoisotopic (exact) mass is 450 g/mol. The first kappa shape index (κ1) is 22.9. The molecule has 5 atom stereocenters. The lowest BCUT2D eigenvalue weighted by atomic mass is 9.62. The normalized spacial score (nSPS) is 29.1. The second-order valence-electron chi connectivity index (χ2n) is 8.91. The highest BCUT2D eigenvalue weighted by Crippen LogP contribution is 2.56. The van der Waals surface area contributed by atoms with Crippen LogP contribution in [-0.4, -0.2) is 36.9 Å². The van der Waals surface area contributed by atoms with E-state index in [-0.39, 0.29) is 23.5 Å². The van der Waals surface area contributed by atoms with E-state index < -0.39 is 18.1 Å². The van der Waals surface area contributed by atoms with Crippen LogP contribution in [0.15, 0.2) is 48.5 Å². The summed E-state index contributed by atoms with van der Waals surface area (Å²) >= 11 is 0. The number of ether oxygens (including phenoxy) is 3. The molecule has 2 fully saturated rings. The summed E-state index contributed by atoms with van der Waals surface area (Å²) in [6.45, 7) is 2.20. The third-order valence-corrected chi connectivity index (χ3v) is 6.95. The molecule has 1 saturated heterocycles. The Bertz CT molecular complexity index is 915. The fourth-order valence-electron chi connectivity index (χ4n) is 5.70.